The molecule has 0 saturated heterocycles. The van der Waals surface area contributed by atoms with E-state index >= 15 is 0 Å². The number of aryl methyl sites for hydroxylation is 2. The average Bonchev–Trinajstić information content (AvgIpc) is 2.72. The number of benzene rings is 2. The van der Waals surface area contributed by atoms with Crippen LogP contribution in [0.5, 0.6) is 5.75 Å². The van der Waals surface area contributed by atoms with Gasteiger partial charge < -0.3 is 20.2 Å². The number of fused-ring (bicyclic) bond motifs is 1. The summed E-state index contributed by atoms with van der Waals surface area (Å²) in [5.41, 5.74) is 8.85. The van der Waals surface area contributed by atoms with Crippen molar-refractivity contribution in [1.82, 2.24) is 15.0 Å². The van der Waals surface area contributed by atoms with Crippen LogP contribution in [0.2, 0.25) is 0 Å². The number of aromatic nitrogens is 3. The molecule has 4 aromatic rings. The Kier molecular flexibility index (Phi) is 5.30. The molecule has 2 aromatic carbocycles. The van der Waals surface area contributed by atoms with Crippen molar-refractivity contribution in [3.8, 4) is 5.75 Å². The summed E-state index contributed by atoms with van der Waals surface area (Å²) < 4.78 is 11.1. The highest BCUT2D eigenvalue weighted by atomic mass is 16.5. The van der Waals surface area contributed by atoms with Gasteiger partial charge in [0, 0.05) is 23.2 Å². The first-order chi connectivity index (χ1) is 14.5. The monoisotopic (exact) mass is 403 g/mol. The maximum atomic E-state index is 11.7. The molecule has 2 aromatic heterocycles. The fraction of sp³-hybridized carbons (Fsp3) is 0.182. The molecule has 8 heteroatoms. The van der Waals surface area contributed by atoms with Gasteiger partial charge in [-0.25, -0.2) is 4.79 Å². The van der Waals surface area contributed by atoms with Crippen LogP contribution in [0.25, 0.3) is 11.0 Å². The lowest BCUT2D eigenvalue weighted by Gasteiger charge is -2.10. The van der Waals surface area contributed by atoms with E-state index in [0.717, 1.165) is 28.6 Å². The zero-order valence-corrected chi connectivity index (χ0v) is 16.7. The van der Waals surface area contributed by atoms with Gasteiger partial charge in [0.15, 0.2) is 5.82 Å². The van der Waals surface area contributed by atoms with Crippen molar-refractivity contribution in [2.45, 2.75) is 26.9 Å². The minimum absolute atomic E-state index is 0.0819. The summed E-state index contributed by atoms with van der Waals surface area (Å²) in [6.45, 7) is 4.09. The van der Waals surface area contributed by atoms with E-state index in [1.54, 1.807) is 6.07 Å². The highest BCUT2D eigenvalue weighted by Crippen LogP contribution is 2.23. The molecule has 0 amide bonds. The van der Waals surface area contributed by atoms with Crippen LogP contribution in [0.4, 0.5) is 17.6 Å². The highest BCUT2D eigenvalue weighted by molar-refractivity contribution is 5.81. The van der Waals surface area contributed by atoms with E-state index in [1.165, 1.54) is 6.07 Å². The maximum absolute atomic E-state index is 11.7. The molecule has 0 saturated carbocycles. The molecular weight excluding hydrogens is 382 g/mol. The average molecular weight is 403 g/mol. The largest absolute Gasteiger partial charge is 0.485 e. The van der Waals surface area contributed by atoms with Crippen LogP contribution < -0.4 is 21.4 Å². The topological polar surface area (TPSA) is 116 Å². The highest BCUT2D eigenvalue weighted by Gasteiger charge is 2.09. The van der Waals surface area contributed by atoms with Crippen LogP contribution in [0.15, 0.2) is 57.7 Å². The summed E-state index contributed by atoms with van der Waals surface area (Å²) in [5.74, 6) is 1.34. The third-order valence-corrected chi connectivity index (χ3v) is 4.56. The van der Waals surface area contributed by atoms with Crippen LogP contribution in [0.3, 0.4) is 0 Å². The number of anilines is 3. The Bertz CT molecular complexity index is 1250. The number of nitrogens with zero attached hydrogens (tertiary/aromatic N) is 3. The number of hydrogen-bond acceptors (Lipinski definition) is 8. The molecular formula is C22H21N5O3. The maximum Gasteiger partial charge on any atom is 0.336 e. The van der Waals surface area contributed by atoms with Gasteiger partial charge in [0.25, 0.3) is 0 Å². The van der Waals surface area contributed by atoms with E-state index in [-0.39, 0.29) is 18.2 Å². The van der Waals surface area contributed by atoms with Gasteiger partial charge >= 0.3 is 5.63 Å². The molecule has 3 N–H and O–H groups in total. The van der Waals surface area contributed by atoms with E-state index in [4.69, 9.17) is 14.9 Å². The molecule has 0 bridgehead atoms. The summed E-state index contributed by atoms with van der Waals surface area (Å²) in [6, 6.07) is 14.7. The molecule has 0 atom stereocenters. The van der Waals surface area contributed by atoms with Gasteiger partial charge in [0.05, 0.1) is 0 Å². The summed E-state index contributed by atoms with van der Waals surface area (Å²) in [4.78, 5) is 24.3. The zero-order chi connectivity index (χ0) is 21.1. The minimum atomic E-state index is -0.381. The second-order valence-corrected chi connectivity index (χ2v) is 6.82. The molecule has 2 heterocycles. The number of ether oxygens (including phenoxy) is 1. The molecule has 0 aliphatic carbocycles. The predicted octanol–water partition coefficient (Wildman–Crippen LogP) is 3.75. The Labute approximate surface area is 172 Å². The number of rotatable bonds is 6. The summed E-state index contributed by atoms with van der Waals surface area (Å²) >= 11 is 0. The molecule has 152 valence electrons. The molecule has 30 heavy (non-hydrogen) atoms. The van der Waals surface area contributed by atoms with Crippen molar-refractivity contribution in [2.75, 3.05) is 11.1 Å². The first-order valence-corrected chi connectivity index (χ1v) is 9.54. The Morgan fingerprint density at radius 3 is 2.63 bits per heavy atom. The lowest BCUT2D eigenvalue weighted by Crippen LogP contribution is -2.09. The fourth-order valence-corrected chi connectivity index (χ4v) is 3.06. The molecule has 0 aliphatic rings. The molecule has 0 spiro atoms. The normalized spacial score (nSPS) is 10.9. The van der Waals surface area contributed by atoms with Crippen molar-refractivity contribution < 1.29 is 9.15 Å². The Balaban J connectivity index is 1.52. The summed E-state index contributed by atoms with van der Waals surface area (Å²) in [6.07, 6.45) is 0.739. The molecule has 0 fully saturated rings. The van der Waals surface area contributed by atoms with E-state index in [2.05, 4.69) is 20.3 Å². The van der Waals surface area contributed by atoms with Crippen molar-refractivity contribution in [3.05, 3.63) is 75.9 Å². The van der Waals surface area contributed by atoms with Gasteiger partial charge in [-0.05, 0) is 43.2 Å². The van der Waals surface area contributed by atoms with E-state index in [9.17, 15) is 4.79 Å². The van der Waals surface area contributed by atoms with E-state index < -0.39 is 0 Å². The minimum Gasteiger partial charge on any atom is -0.485 e. The number of nitrogen functional groups attached to an aromatic ring is 1. The summed E-state index contributed by atoms with van der Waals surface area (Å²) in [5, 5.41) is 3.99. The van der Waals surface area contributed by atoms with Crippen LogP contribution in [-0.2, 0) is 13.0 Å². The third kappa shape index (κ3) is 4.38. The molecule has 0 aliphatic heterocycles. The zero-order valence-electron chi connectivity index (χ0n) is 16.7. The second-order valence-electron chi connectivity index (χ2n) is 6.82. The van der Waals surface area contributed by atoms with Gasteiger partial charge in [-0.15, -0.1) is 0 Å². The van der Waals surface area contributed by atoms with Gasteiger partial charge in [-0.1, -0.05) is 24.6 Å². The lowest BCUT2D eigenvalue weighted by atomic mass is 10.1. The number of nitrogens with two attached hydrogens (primary N) is 1. The molecule has 0 unspecified atom stereocenters. The molecule has 4 rings (SSSR count). The molecule has 8 nitrogen and oxygen atoms in total. The van der Waals surface area contributed by atoms with Crippen LogP contribution in [0, 0.1) is 6.92 Å². The molecule has 0 radical (unpaired) electrons. The number of hydrogen-bond donors (Lipinski definition) is 2. The van der Waals surface area contributed by atoms with Crippen LogP contribution in [-0.4, -0.2) is 15.0 Å². The number of nitrogens with one attached hydrogen (secondary N) is 1. The van der Waals surface area contributed by atoms with Gasteiger partial charge in [-0.2, -0.15) is 15.0 Å². The van der Waals surface area contributed by atoms with Gasteiger partial charge in [0.1, 0.15) is 17.9 Å². The Hall–Kier alpha value is -3.94. The SMILES string of the molecule is CCc1cc(=O)oc2cc(OCc3nc(N)nc(Nc4ccc(C)cc4)n3)ccc12. The van der Waals surface area contributed by atoms with E-state index in [1.807, 2.05) is 50.2 Å². The quantitative estimate of drug-likeness (QED) is 0.468. The third-order valence-electron chi connectivity index (χ3n) is 4.56. The standard InChI is InChI=1S/C22H21N5O3/c1-3-14-10-20(28)30-18-11-16(8-9-17(14)18)29-12-19-25-21(23)27-22(26-19)24-15-6-4-13(2)5-7-15/h4-11H,3,12H2,1-2H3,(H3,23,24,25,26,27). The van der Waals surface area contributed by atoms with Crippen molar-refractivity contribution in [2.24, 2.45) is 0 Å². The smallest absolute Gasteiger partial charge is 0.336 e. The van der Waals surface area contributed by atoms with Crippen molar-refractivity contribution in [3.63, 3.8) is 0 Å². The van der Waals surface area contributed by atoms with Crippen LogP contribution >= 0.6 is 0 Å². The Morgan fingerprint density at radius 2 is 1.87 bits per heavy atom. The van der Waals surface area contributed by atoms with Gasteiger partial charge in [-0.3, -0.25) is 0 Å². The van der Waals surface area contributed by atoms with Crippen molar-refractivity contribution >= 4 is 28.6 Å². The van der Waals surface area contributed by atoms with Gasteiger partial charge in [0.2, 0.25) is 11.9 Å². The van der Waals surface area contributed by atoms with Crippen LogP contribution in [0.1, 0.15) is 23.9 Å². The lowest BCUT2D eigenvalue weighted by molar-refractivity contribution is 0.296. The first kappa shape index (κ1) is 19.4. The fourth-order valence-electron chi connectivity index (χ4n) is 3.06. The summed E-state index contributed by atoms with van der Waals surface area (Å²) in [7, 11) is 0. The Morgan fingerprint density at radius 1 is 1.07 bits per heavy atom. The second kappa shape index (κ2) is 8.20. The van der Waals surface area contributed by atoms with E-state index in [0.29, 0.717) is 23.1 Å². The predicted molar refractivity (Wildman–Crippen MR) is 115 cm³/mol. The first-order valence-electron chi connectivity index (χ1n) is 9.54. The van der Waals surface area contributed by atoms with Crippen molar-refractivity contribution in [1.29, 1.82) is 0 Å².